The molecule has 0 radical (unpaired) electrons. The standard InChI is InChI=1S/C25H38O5/c1-4-28-22(27)18-7-10-23(2)16(15-21(18)26)5-6-17-19(23)8-11-24(3)20(17)9-12-25(24)29-13-14-30-25/h16-20H,4-15H2,1-3H3/t16-,17+,18?,19-,20-,23-,24-/m0/s1. The quantitative estimate of drug-likeness (QED) is 0.487. The summed E-state index contributed by atoms with van der Waals surface area (Å²) in [5, 5.41) is 0. The SMILES string of the molecule is CCOC(=O)C1CC[C@@]2(C)[C@@H](CC[C@@H]3[C@@H]2CC[C@@]2(C)[C@H]3CCC23OCCO3)CC1=O. The first-order valence-corrected chi connectivity index (χ1v) is 12.3. The summed E-state index contributed by atoms with van der Waals surface area (Å²) in [4.78, 5) is 25.4. The molecule has 1 heterocycles. The lowest BCUT2D eigenvalue weighted by molar-refractivity contribution is -0.246. The summed E-state index contributed by atoms with van der Waals surface area (Å²) in [6.45, 7) is 8.48. The molecule has 5 nitrogen and oxygen atoms in total. The normalized spacial score (nSPS) is 47.3. The van der Waals surface area contributed by atoms with Crippen LogP contribution in [0, 0.1) is 40.4 Å². The second-order valence-electron chi connectivity index (χ2n) is 11.1. The molecule has 0 aromatic heterocycles. The molecule has 1 spiro atoms. The van der Waals surface area contributed by atoms with Gasteiger partial charge in [-0.2, -0.15) is 0 Å². The maximum Gasteiger partial charge on any atom is 0.316 e. The predicted molar refractivity (Wildman–Crippen MR) is 111 cm³/mol. The molecule has 0 N–H and O–H groups in total. The monoisotopic (exact) mass is 418 g/mol. The number of carbonyl (C=O) groups is 2. The number of Topliss-reactive ketones (excluding diaryl/α,β-unsaturated/α-hetero) is 1. The van der Waals surface area contributed by atoms with Gasteiger partial charge in [0, 0.05) is 18.3 Å². The van der Waals surface area contributed by atoms with Gasteiger partial charge >= 0.3 is 5.97 Å². The summed E-state index contributed by atoms with van der Waals surface area (Å²) in [6.07, 6.45) is 9.07. The Hall–Kier alpha value is -0.940. The molecule has 0 amide bonds. The lowest BCUT2D eigenvalue weighted by Gasteiger charge is -2.59. The van der Waals surface area contributed by atoms with Crippen LogP contribution in [0.2, 0.25) is 0 Å². The Balaban J connectivity index is 1.40. The van der Waals surface area contributed by atoms with Gasteiger partial charge in [0.05, 0.1) is 19.8 Å². The minimum Gasteiger partial charge on any atom is -0.465 e. The number of esters is 1. The van der Waals surface area contributed by atoms with Gasteiger partial charge in [-0.1, -0.05) is 13.8 Å². The topological polar surface area (TPSA) is 61.8 Å². The van der Waals surface area contributed by atoms with Crippen LogP contribution in [0.15, 0.2) is 0 Å². The van der Waals surface area contributed by atoms with E-state index in [1.54, 1.807) is 0 Å². The Morgan fingerprint density at radius 2 is 1.73 bits per heavy atom. The van der Waals surface area contributed by atoms with Crippen LogP contribution in [-0.2, 0) is 23.8 Å². The van der Waals surface area contributed by atoms with E-state index in [9.17, 15) is 9.59 Å². The molecule has 0 aromatic rings. The third kappa shape index (κ3) is 2.80. The summed E-state index contributed by atoms with van der Waals surface area (Å²) >= 11 is 0. The number of rotatable bonds is 2. The molecule has 7 atom stereocenters. The first-order chi connectivity index (χ1) is 14.3. The van der Waals surface area contributed by atoms with E-state index in [2.05, 4.69) is 13.8 Å². The molecule has 1 unspecified atom stereocenters. The maximum atomic E-state index is 13.0. The van der Waals surface area contributed by atoms with Crippen molar-refractivity contribution in [3.05, 3.63) is 0 Å². The second-order valence-corrected chi connectivity index (χ2v) is 11.1. The van der Waals surface area contributed by atoms with Gasteiger partial charge in [-0.05, 0) is 81.0 Å². The summed E-state index contributed by atoms with van der Waals surface area (Å²) in [6, 6.07) is 0. The van der Waals surface area contributed by atoms with Crippen molar-refractivity contribution < 1.29 is 23.8 Å². The smallest absolute Gasteiger partial charge is 0.316 e. The van der Waals surface area contributed by atoms with Gasteiger partial charge in [-0.15, -0.1) is 0 Å². The van der Waals surface area contributed by atoms with Crippen LogP contribution in [-0.4, -0.2) is 37.4 Å². The van der Waals surface area contributed by atoms with E-state index in [-0.39, 0.29) is 28.4 Å². The average Bonchev–Trinajstić information content (AvgIpc) is 3.27. The van der Waals surface area contributed by atoms with E-state index in [0.717, 1.165) is 38.9 Å². The van der Waals surface area contributed by atoms with Crippen LogP contribution in [0.3, 0.4) is 0 Å². The predicted octanol–water partition coefficient (Wildman–Crippen LogP) is 4.52. The highest BCUT2D eigenvalue weighted by Crippen LogP contribution is 2.69. The molecule has 30 heavy (non-hydrogen) atoms. The molecule has 5 aliphatic rings. The first-order valence-electron chi connectivity index (χ1n) is 12.3. The van der Waals surface area contributed by atoms with E-state index >= 15 is 0 Å². The Kier molecular flexibility index (Phi) is 5.09. The van der Waals surface area contributed by atoms with Crippen molar-refractivity contribution in [3.8, 4) is 0 Å². The van der Waals surface area contributed by atoms with Crippen LogP contribution in [0.1, 0.15) is 78.6 Å². The number of ketones is 1. The summed E-state index contributed by atoms with van der Waals surface area (Å²) in [5.74, 6) is 1.30. The van der Waals surface area contributed by atoms with Crippen LogP contribution < -0.4 is 0 Å². The highest BCUT2D eigenvalue weighted by molar-refractivity contribution is 5.99. The lowest BCUT2D eigenvalue weighted by Crippen LogP contribution is -2.55. The molecule has 4 saturated carbocycles. The molecular formula is C25H38O5. The van der Waals surface area contributed by atoms with Crippen LogP contribution in [0.5, 0.6) is 0 Å². The fourth-order valence-corrected chi connectivity index (χ4v) is 8.64. The van der Waals surface area contributed by atoms with Gasteiger partial charge in [0.15, 0.2) is 5.79 Å². The van der Waals surface area contributed by atoms with Crippen molar-refractivity contribution in [1.29, 1.82) is 0 Å². The summed E-state index contributed by atoms with van der Waals surface area (Å²) in [5.41, 5.74) is 0.260. The largest absolute Gasteiger partial charge is 0.465 e. The summed E-state index contributed by atoms with van der Waals surface area (Å²) < 4.78 is 17.8. The Morgan fingerprint density at radius 3 is 2.47 bits per heavy atom. The number of hydrogen-bond donors (Lipinski definition) is 0. The number of carbonyl (C=O) groups excluding carboxylic acids is 2. The molecule has 5 heteroatoms. The van der Waals surface area contributed by atoms with Crippen LogP contribution in [0.4, 0.5) is 0 Å². The van der Waals surface area contributed by atoms with E-state index < -0.39 is 5.92 Å². The van der Waals surface area contributed by atoms with Crippen molar-refractivity contribution in [2.24, 2.45) is 40.4 Å². The second kappa shape index (κ2) is 7.30. The van der Waals surface area contributed by atoms with Crippen molar-refractivity contribution in [2.75, 3.05) is 19.8 Å². The maximum absolute atomic E-state index is 13.0. The molecule has 5 fully saturated rings. The van der Waals surface area contributed by atoms with E-state index in [1.807, 2.05) is 6.92 Å². The van der Waals surface area contributed by atoms with Crippen molar-refractivity contribution in [3.63, 3.8) is 0 Å². The van der Waals surface area contributed by atoms with Crippen LogP contribution >= 0.6 is 0 Å². The molecule has 5 rings (SSSR count). The minimum absolute atomic E-state index is 0.113. The average molecular weight is 419 g/mol. The molecule has 4 aliphatic carbocycles. The number of hydrogen-bond acceptors (Lipinski definition) is 5. The van der Waals surface area contributed by atoms with Gasteiger partial charge in [0.25, 0.3) is 0 Å². The van der Waals surface area contributed by atoms with Crippen molar-refractivity contribution in [2.45, 2.75) is 84.3 Å². The number of ether oxygens (including phenoxy) is 3. The highest BCUT2D eigenvalue weighted by Gasteiger charge is 2.67. The Labute approximate surface area is 180 Å². The Morgan fingerprint density at radius 1 is 1.00 bits per heavy atom. The summed E-state index contributed by atoms with van der Waals surface area (Å²) in [7, 11) is 0. The molecule has 168 valence electrons. The van der Waals surface area contributed by atoms with Gasteiger partial charge in [0.1, 0.15) is 11.7 Å². The fraction of sp³-hybridized carbons (Fsp3) is 0.920. The Bertz CT molecular complexity index is 712. The zero-order valence-electron chi connectivity index (χ0n) is 18.9. The minimum atomic E-state index is -0.547. The first kappa shape index (κ1) is 20.9. The fourth-order valence-electron chi connectivity index (χ4n) is 8.64. The molecule has 0 bridgehead atoms. The number of fused-ring (bicyclic) bond motifs is 6. The molecule has 1 saturated heterocycles. The van der Waals surface area contributed by atoms with Crippen LogP contribution in [0.25, 0.3) is 0 Å². The van der Waals surface area contributed by atoms with Gasteiger partial charge < -0.3 is 14.2 Å². The molecule has 0 aromatic carbocycles. The van der Waals surface area contributed by atoms with Crippen molar-refractivity contribution in [1.82, 2.24) is 0 Å². The van der Waals surface area contributed by atoms with E-state index in [4.69, 9.17) is 14.2 Å². The van der Waals surface area contributed by atoms with E-state index in [0.29, 0.717) is 43.1 Å². The third-order valence-corrected chi connectivity index (χ3v) is 10.2. The van der Waals surface area contributed by atoms with E-state index in [1.165, 1.54) is 19.3 Å². The lowest BCUT2D eigenvalue weighted by atomic mass is 9.46. The highest BCUT2D eigenvalue weighted by atomic mass is 16.7. The van der Waals surface area contributed by atoms with Crippen molar-refractivity contribution >= 4 is 11.8 Å². The van der Waals surface area contributed by atoms with Gasteiger partial charge in [-0.25, -0.2) is 0 Å². The van der Waals surface area contributed by atoms with Gasteiger partial charge in [-0.3, -0.25) is 9.59 Å². The zero-order chi connectivity index (χ0) is 21.1. The zero-order valence-corrected chi connectivity index (χ0v) is 18.9. The molecule has 1 aliphatic heterocycles. The van der Waals surface area contributed by atoms with Gasteiger partial charge in [0.2, 0.25) is 0 Å². The molecular weight excluding hydrogens is 380 g/mol. The third-order valence-electron chi connectivity index (χ3n) is 10.2.